The summed E-state index contributed by atoms with van der Waals surface area (Å²) < 4.78 is 10.6. The molecule has 132 valence electrons. The minimum absolute atomic E-state index is 0.0310. The van der Waals surface area contributed by atoms with E-state index in [1.54, 1.807) is 14.2 Å². The van der Waals surface area contributed by atoms with E-state index in [0.29, 0.717) is 19.4 Å². The van der Waals surface area contributed by atoms with Crippen molar-refractivity contribution in [2.24, 2.45) is 0 Å². The molecule has 0 aromatic heterocycles. The predicted molar refractivity (Wildman–Crippen MR) is 96.7 cm³/mol. The number of methoxy groups -OCH3 is 2. The van der Waals surface area contributed by atoms with E-state index >= 15 is 0 Å². The van der Waals surface area contributed by atoms with Gasteiger partial charge in [0.1, 0.15) is 11.5 Å². The van der Waals surface area contributed by atoms with Crippen molar-refractivity contribution in [1.29, 1.82) is 0 Å². The summed E-state index contributed by atoms with van der Waals surface area (Å²) in [6, 6.07) is 12.0. The van der Waals surface area contributed by atoms with Gasteiger partial charge in [0.15, 0.2) is 0 Å². The molecule has 5 nitrogen and oxygen atoms in total. The SMILES string of the molecule is COc1ccc(OC)c(CCC(=O)NCc2ccc3c(c2)CNC3)c1. The normalized spacial score (nSPS) is 12.6. The molecule has 0 saturated heterocycles. The van der Waals surface area contributed by atoms with Gasteiger partial charge >= 0.3 is 0 Å². The first-order chi connectivity index (χ1) is 12.2. The highest BCUT2D eigenvalue weighted by Crippen LogP contribution is 2.25. The van der Waals surface area contributed by atoms with Crippen LogP contribution in [0.5, 0.6) is 11.5 Å². The van der Waals surface area contributed by atoms with Crippen LogP contribution in [0, 0.1) is 0 Å². The number of hydrogen-bond acceptors (Lipinski definition) is 4. The Hall–Kier alpha value is -2.53. The van der Waals surface area contributed by atoms with E-state index in [1.807, 2.05) is 18.2 Å². The first-order valence-electron chi connectivity index (χ1n) is 8.48. The average Bonchev–Trinajstić information content (AvgIpc) is 3.12. The number of nitrogens with one attached hydrogen (secondary N) is 2. The Morgan fingerprint density at radius 3 is 2.72 bits per heavy atom. The van der Waals surface area contributed by atoms with Crippen LogP contribution in [0.3, 0.4) is 0 Å². The summed E-state index contributed by atoms with van der Waals surface area (Å²) in [5, 5.41) is 6.32. The van der Waals surface area contributed by atoms with Crippen LogP contribution in [0.15, 0.2) is 36.4 Å². The summed E-state index contributed by atoms with van der Waals surface area (Å²) in [6.45, 7) is 2.40. The maximum atomic E-state index is 12.2. The monoisotopic (exact) mass is 340 g/mol. The van der Waals surface area contributed by atoms with Crippen molar-refractivity contribution < 1.29 is 14.3 Å². The van der Waals surface area contributed by atoms with Gasteiger partial charge in [-0.2, -0.15) is 0 Å². The first kappa shape index (κ1) is 17.3. The van der Waals surface area contributed by atoms with Crippen molar-refractivity contribution >= 4 is 5.91 Å². The highest BCUT2D eigenvalue weighted by atomic mass is 16.5. The van der Waals surface area contributed by atoms with Crippen LogP contribution >= 0.6 is 0 Å². The number of amides is 1. The number of ether oxygens (including phenoxy) is 2. The van der Waals surface area contributed by atoms with Gasteiger partial charge in [0, 0.05) is 26.1 Å². The molecular formula is C20H24N2O3. The standard InChI is InChI=1S/C20H24N2O3/c1-24-18-6-7-19(25-2)15(10-18)5-8-20(23)22-11-14-3-4-16-12-21-13-17(16)9-14/h3-4,6-7,9-10,21H,5,8,11-13H2,1-2H3,(H,22,23). The van der Waals surface area contributed by atoms with E-state index in [4.69, 9.17) is 9.47 Å². The minimum atomic E-state index is 0.0310. The molecule has 0 unspecified atom stereocenters. The van der Waals surface area contributed by atoms with Crippen LogP contribution in [0.25, 0.3) is 0 Å². The molecular weight excluding hydrogens is 316 g/mol. The van der Waals surface area contributed by atoms with Gasteiger partial charge in [-0.05, 0) is 46.9 Å². The van der Waals surface area contributed by atoms with Gasteiger partial charge in [-0.15, -0.1) is 0 Å². The summed E-state index contributed by atoms with van der Waals surface area (Å²) in [4.78, 5) is 12.2. The Labute approximate surface area is 148 Å². The quantitative estimate of drug-likeness (QED) is 0.813. The topological polar surface area (TPSA) is 59.6 Å². The Morgan fingerprint density at radius 1 is 1.08 bits per heavy atom. The molecule has 0 spiro atoms. The molecule has 1 heterocycles. The van der Waals surface area contributed by atoms with E-state index in [0.717, 1.165) is 35.7 Å². The van der Waals surface area contributed by atoms with Crippen LogP contribution in [0.4, 0.5) is 0 Å². The largest absolute Gasteiger partial charge is 0.497 e. The molecule has 2 N–H and O–H groups in total. The molecule has 1 amide bonds. The number of aryl methyl sites for hydroxylation is 1. The Bertz CT molecular complexity index is 759. The summed E-state index contributed by atoms with van der Waals surface area (Å²) in [5.74, 6) is 1.58. The molecule has 0 atom stereocenters. The molecule has 0 fully saturated rings. The van der Waals surface area contributed by atoms with E-state index in [1.165, 1.54) is 11.1 Å². The van der Waals surface area contributed by atoms with Crippen molar-refractivity contribution in [1.82, 2.24) is 10.6 Å². The lowest BCUT2D eigenvalue weighted by Crippen LogP contribution is -2.23. The van der Waals surface area contributed by atoms with Crippen LogP contribution in [0.2, 0.25) is 0 Å². The van der Waals surface area contributed by atoms with Crippen LogP contribution in [-0.4, -0.2) is 20.1 Å². The minimum Gasteiger partial charge on any atom is -0.497 e. The van der Waals surface area contributed by atoms with E-state index < -0.39 is 0 Å². The van der Waals surface area contributed by atoms with Crippen molar-refractivity contribution in [3.05, 3.63) is 58.7 Å². The van der Waals surface area contributed by atoms with Crippen molar-refractivity contribution in [2.75, 3.05) is 14.2 Å². The van der Waals surface area contributed by atoms with Gasteiger partial charge in [-0.25, -0.2) is 0 Å². The summed E-state index contributed by atoms with van der Waals surface area (Å²) >= 11 is 0. The lowest BCUT2D eigenvalue weighted by Gasteiger charge is -2.11. The molecule has 2 aromatic carbocycles. The van der Waals surface area contributed by atoms with Crippen LogP contribution < -0.4 is 20.1 Å². The zero-order chi connectivity index (χ0) is 17.6. The maximum absolute atomic E-state index is 12.2. The first-order valence-corrected chi connectivity index (χ1v) is 8.48. The highest BCUT2D eigenvalue weighted by molar-refractivity contribution is 5.76. The van der Waals surface area contributed by atoms with Gasteiger partial charge in [0.25, 0.3) is 0 Å². The zero-order valence-electron chi connectivity index (χ0n) is 14.7. The van der Waals surface area contributed by atoms with Gasteiger partial charge < -0.3 is 20.1 Å². The fourth-order valence-electron chi connectivity index (χ4n) is 3.07. The fourth-order valence-corrected chi connectivity index (χ4v) is 3.07. The van der Waals surface area contributed by atoms with E-state index in [-0.39, 0.29) is 5.91 Å². The van der Waals surface area contributed by atoms with E-state index in [2.05, 4.69) is 28.8 Å². The summed E-state index contributed by atoms with van der Waals surface area (Å²) in [7, 11) is 3.26. The maximum Gasteiger partial charge on any atom is 0.220 e. The third-order valence-corrected chi connectivity index (χ3v) is 4.50. The molecule has 0 saturated carbocycles. The van der Waals surface area contributed by atoms with Crippen LogP contribution in [0.1, 0.15) is 28.7 Å². The average molecular weight is 340 g/mol. The number of rotatable bonds is 7. The second-order valence-electron chi connectivity index (χ2n) is 6.16. The number of carbonyl (C=O) groups is 1. The van der Waals surface area contributed by atoms with Gasteiger partial charge in [0.2, 0.25) is 5.91 Å². The Morgan fingerprint density at radius 2 is 1.92 bits per heavy atom. The molecule has 1 aliphatic heterocycles. The van der Waals surface area contributed by atoms with Gasteiger partial charge in [0.05, 0.1) is 14.2 Å². The number of benzene rings is 2. The van der Waals surface area contributed by atoms with Crippen molar-refractivity contribution in [3.63, 3.8) is 0 Å². The highest BCUT2D eigenvalue weighted by Gasteiger charge is 2.11. The second-order valence-corrected chi connectivity index (χ2v) is 6.16. The fraction of sp³-hybridized carbons (Fsp3) is 0.350. The van der Waals surface area contributed by atoms with Crippen molar-refractivity contribution in [2.45, 2.75) is 32.5 Å². The summed E-state index contributed by atoms with van der Waals surface area (Å²) in [6.07, 6.45) is 1.02. The number of fused-ring (bicyclic) bond motifs is 1. The predicted octanol–water partition coefficient (Wildman–Crippen LogP) is 2.56. The lowest BCUT2D eigenvalue weighted by molar-refractivity contribution is -0.121. The van der Waals surface area contributed by atoms with Crippen molar-refractivity contribution in [3.8, 4) is 11.5 Å². The molecule has 0 radical (unpaired) electrons. The molecule has 5 heteroatoms. The molecule has 3 rings (SSSR count). The molecule has 0 bridgehead atoms. The molecule has 2 aromatic rings. The smallest absolute Gasteiger partial charge is 0.220 e. The Balaban J connectivity index is 1.53. The van der Waals surface area contributed by atoms with Crippen LogP contribution in [-0.2, 0) is 30.8 Å². The molecule has 0 aliphatic carbocycles. The molecule has 25 heavy (non-hydrogen) atoms. The molecule has 1 aliphatic rings. The van der Waals surface area contributed by atoms with Gasteiger partial charge in [-0.1, -0.05) is 18.2 Å². The van der Waals surface area contributed by atoms with Gasteiger partial charge in [-0.3, -0.25) is 4.79 Å². The van der Waals surface area contributed by atoms with E-state index in [9.17, 15) is 4.79 Å². The summed E-state index contributed by atoms with van der Waals surface area (Å²) in [5.41, 5.74) is 4.78. The second kappa shape index (κ2) is 8.03. The third-order valence-electron chi connectivity index (χ3n) is 4.50. The third kappa shape index (κ3) is 4.31. The Kier molecular flexibility index (Phi) is 5.56. The number of hydrogen-bond donors (Lipinski definition) is 2. The number of carbonyl (C=O) groups excluding carboxylic acids is 1. The lowest BCUT2D eigenvalue weighted by atomic mass is 10.1. The zero-order valence-corrected chi connectivity index (χ0v) is 14.7.